The Morgan fingerprint density at radius 3 is 2.68 bits per heavy atom. The Bertz CT molecular complexity index is 340. The molecule has 3 heteroatoms. The minimum absolute atomic E-state index is 0.288. The lowest BCUT2D eigenvalue weighted by Crippen LogP contribution is -2.56. The Labute approximate surface area is 118 Å². The van der Waals surface area contributed by atoms with Crippen LogP contribution in [0.1, 0.15) is 52.9 Å². The molecule has 1 heterocycles. The zero-order chi connectivity index (χ0) is 13.9. The van der Waals surface area contributed by atoms with Crippen molar-refractivity contribution in [2.24, 2.45) is 11.3 Å². The maximum absolute atomic E-state index is 9.74. The van der Waals surface area contributed by atoms with Gasteiger partial charge in [-0.3, -0.25) is 10.2 Å². The summed E-state index contributed by atoms with van der Waals surface area (Å²) in [6.07, 6.45) is 6.13. The fourth-order valence-corrected chi connectivity index (χ4v) is 3.45. The van der Waals surface area contributed by atoms with E-state index in [1.165, 1.54) is 25.7 Å². The number of hydrogen-bond acceptors (Lipinski definition) is 3. The predicted octanol–water partition coefficient (Wildman–Crippen LogP) is 2.78. The first-order valence-corrected chi connectivity index (χ1v) is 7.90. The molecule has 0 aromatic carbocycles. The van der Waals surface area contributed by atoms with Crippen LogP contribution in [0.3, 0.4) is 0 Å². The molecular formula is C16H29N3. The third-order valence-corrected chi connectivity index (χ3v) is 4.62. The van der Waals surface area contributed by atoms with Crippen LogP contribution in [0.15, 0.2) is 0 Å². The molecule has 1 unspecified atom stereocenters. The van der Waals surface area contributed by atoms with Crippen molar-refractivity contribution in [1.82, 2.24) is 10.2 Å². The first kappa shape index (κ1) is 14.8. The second kappa shape index (κ2) is 5.81. The molecule has 2 aliphatic rings. The minimum atomic E-state index is -0.288. The van der Waals surface area contributed by atoms with Crippen molar-refractivity contribution in [3.05, 3.63) is 0 Å². The van der Waals surface area contributed by atoms with Crippen LogP contribution in [0.5, 0.6) is 0 Å². The molecule has 1 atom stereocenters. The van der Waals surface area contributed by atoms with Gasteiger partial charge in [0.2, 0.25) is 0 Å². The lowest BCUT2D eigenvalue weighted by atomic mass is 9.83. The van der Waals surface area contributed by atoms with Gasteiger partial charge in [-0.25, -0.2) is 0 Å². The van der Waals surface area contributed by atoms with Crippen LogP contribution in [-0.4, -0.2) is 36.6 Å². The number of rotatable bonds is 6. The highest BCUT2D eigenvalue weighted by Gasteiger charge is 2.47. The Kier molecular flexibility index (Phi) is 4.53. The molecule has 19 heavy (non-hydrogen) atoms. The van der Waals surface area contributed by atoms with Gasteiger partial charge in [-0.1, -0.05) is 20.8 Å². The molecule has 0 aromatic heterocycles. The van der Waals surface area contributed by atoms with E-state index < -0.39 is 0 Å². The molecule has 1 aliphatic carbocycles. The second-order valence-electron chi connectivity index (χ2n) is 7.26. The summed E-state index contributed by atoms with van der Waals surface area (Å²) in [6, 6.07) is 2.63. The van der Waals surface area contributed by atoms with Crippen molar-refractivity contribution in [3.63, 3.8) is 0 Å². The molecule has 0 radical (unpaired) electrons. The Hall–Kier alpha value is -0.590. The maximum Gasteiger partial charge on any atom is 0.122 e. The van der Waals surface area contributed by atoms with Gasteiger partial charge in [-0.05, 0) is 56.5 Å². The van der Waals surface area contributed by atoms with Crippen molar-refractivity contribution < 1.29 is 0 Å². The fraction of sp³-hybridized carbons (Fsp3) is 0.938. The highest BCUT2D eigenvalue weighted by Crippen LogP contribution is 2.41. The third-order valence-electron chi connectivity index (χ3n) is 4.62. The quantitative estimate of drug-likeness (QED) is 0.801. The van der Waals surface area contributed by atoms with Crippen LogP contribution < -0.4 is 5.32 Å². The maximum atomic E-state index is 9.74. The summed E-state index contributed by atoms with van der Waals surface area (Å²) in [4.78, 5) is 2.52. The fourth-order valence-electron chi connectivity index (χ4n) is 3.45. The molecule has 2 fully saturated rings. The van der Waals surface area contributed by atoms with Crippen LogP contribution >= 0.6 is 0 Å². The standard InChI is InChI=1S/C16H29N3/c1-4-9-18-16(11-17,14-6-7-14)13-19-10-5-8-15(2,3)12-19/h14,18H,4-10,12-13H2,1-3H3. The zero-order valence-electron chi connectivity index (χ0n) is 12.8. The van der Waals surface area contributed by atoms with Crippen molar-refractivity contribution >= 4 is 0 Å². The molecule has 1 N–H and O–H groups in total. The van der Waals surface area contributed by atoms with Gasteiger partial charge in [0.1, 0.15) is 5.54 Å². The van der Waals surface area contributed by atoms with Crippen molar-refractivity contribution in [3.8, 4) is 6.07 Å². The summed E-state index contributed by atoms with van der Waals surface area (Å²) < 4.78 is 0. The Balaban J connectivity index is 2.01. The summed E-state index contributed by atoms with van der Waals surface area (Å²) in [5.74, 6) is 0.578. The van der Waals surface area contributed by atoms with Gasteiger partial charge in [0.25, 0.3) is 0 Å². The van der Waals surface area contributed by atoms with Crippen LogP contribution in [0.2, 0.25) is 0 Å². The molecular weight excluding hydrogens is 234 g/mol. The molecule has 0 aromatic rings. The van der Waals surface area contributed by atoms with Gasteiger partial charge in [0, 0.05) is 13.1 Å². The van der Waals surface area contributed by atoms with Crippen molar-refractivity contribution in [1.29, 1.82) is 5.26 Å². The highest BCUT2D eigenvalue weighted by molar-refractivity contribution is 5.17. The minimum Gasteiger partial charge on any atom is -0.300 e. The molecule has 0 spiro atoms. The van der Waals surface area contributed by atoms with E-state index in [0.29, 0.717) is 11.3 Å². The number of nitriles is 1. The summed E-state index contributed by atoms with van der Waals surface area (Å²) >= 11 is 0. The summed E-state index contributed by atoms with van der Waals surface area (Å²) in [5.41, 5.74) is 0.122. The molecule has 3 nitrogen and oxygen atoms in total. The lowest BCUT2D eigenvalue weighted by molar-refractivity contribution is 0.0915. The lowest BCUT2D eigenvalue weighted by Gasteiger charge is -2.42. The van der Waals surface area contributed by atoms with Gasteiger partial charge in [-0.15, -0.1) is 0 Å². The molecule has 0 bridgehead atoms. The van der Waals surface area contributed by atoms with E-state index >= 15 is 0 Å². The third kappa shape index (κ3) is 3.70. The number of nitrogens with one attached hydrogen (secondary N) is 1. The molecule has 0 amide bonds. The molecule has 2 rings (SSSR count). The molecule has 108 valence electrons. The first-order chi connectivity index (χ1) is 9.01. The smallest absolute Gasteiger partial charge is 0.122 e. The topological polar surface area (TPSA) is 39.1 Å². The van der Waals surface area contributed by atoms with Crippen LogP contribution in [-0.2, 0) is 0 Å². The largest absolute Gasteiger partial charge is 0.300 e. The van der Waals surface area contributed by atoms with E-state index in [0.717, 1.165) is 32.6 Å². The highest BCUT2D eigenvalue weighted by atomic mass is 15.2. The average molecular weight is 263 g/mol. The number of likely N-dealkylation sites (tertiary alicyclic amines) is 1. The van der Waals surface area contributed by atoms with Gasteiger partial charge in [0.15, 0.2) is 0 Å². The van der Waals surface area contributed by atoms with Crippen molar-refractivity contribution in [2.45, 2.75) is 58.4 Å². The molecule has 1 aliphatic heterocycles. The predicted molar refractivity (Wildman–Crippen MR) is 78.8 cm³/mol. The number of nitrogens with zero attached hydrogens (tertiary/aromatic N) is 2. The van der Waals surface area contributed by atoms with E-state index in [9.17, 15) is 5.26 Å². The van der Waals surface area contributed by atoms with Crippen LogP contribution in [0, 0.1) is 22.7 Å². The van der Waals surface area contributed by atoms with Gasteiger partial charge < -0.3 is 0 Å². The first-order valence-electron chi connectivity index (χ1n) is 7.90. The Morgan fingerprint density at radius 2 is 2.16 bits per heavy atom. The Morgan fingerprint density at radius 1 is 1.42 bits per heavy atom. The van der Waals surface area contributed by atoms with E-state index in [1.807, 2.05) is 0 Å². The van der Waals surface area contributed by atoms with E-state index in [4.69, 9.17) is 0 Å². The van der Waals surface area contributed by atoms with E-state index in [-0.39, 0.29) is 5.54 Å². The monoisotopic (exact) mass is 263 g/mol. The summed E-state index contributed by atoms with van der Waals surface area (Å²) in [7, 11) is 0. The van der Waals surface area contributed by atoms with Gasteiger partial charge in [0.05, 0.1) is 6.07 Å². The number of hydrogen-bond donors (Lipinski definition) is 1. The molecule has 1 saturated carbocycles. The van der Waals surface area contributed by atoms with E-state index in [2.05, 4.69) is 37.1 Å². The van der Waals surface area contributed by atoms with Gasteiger partial charge >= 0.3 is 0 Å². The second-order valence-corrected chi connectivity index (χ2v) is 7.26. The van der Waals surface area contributed by atoms with E-state index in [1.54, 1.807) is 0 Å². The van der Waals surface area contributed by atoms with Gasteiger partial charge in [-0.2, -0.15) is 5.26 Å². The summed E-state index contributed by atoms with van der Waals surface area (Å²) in [6.45, 7) is 11.0. The average Bonchev–Trinajstić information content (AvgIpc) is 3.18. The molecule has 1 saturated heterocycles. The number of piperidine rings is 1. The SMILES string of the molecule is CCCNC(C#N)(CN1CCCC(C)(C)C1)C1CC1. The van der Waals surface area contributed by atoms with Crippen molar-refractivity contribution in [2.75, 3.05) is 26.2 Å². The normalized spacial score (nSPS) is 26.6. The zero-order valence-corrected chi connectivity index (χ0v) is 12.8. The summed E-state index contributed by atoms with van der Waals surface area (Å²) in [5, 5.41) is 13.3. The van der Waals surface area contributed by atoms with Crippen LogP contribution in [0.4, 0.5) is 0 Å². The van der Waals surface area contributed by atoms with Crippen LogP contribution in [0.25, 0.3) is 0 Å².